The smallest absolute Gasteiger partial charge is 0.404 e. The van der Waals surface area contributed by atoms with E-state index in [1.807, 2.05) is 0 Å². The van der Waals surface area contributed by atoms with Gasteiger partial charge in [-0.3, -0.25) is 0 Å². The SMILES string of the molecule is COc1cccc(C(O)CCNC(=O)O)n1. The molecule has 1 rings (SSSR count). The Morgan fingerprint density at radius 1 is 1.62 bits per heavy atom. The number of aliphatic hydroxyl groups is 1. The van der Waals surface area contributed by atoms with E-state index < -0.39 is 12.2 Å². The lowest BCUT2D eigenvalue weighted by molar-refractivity contribution is 0.157. The van der Waals surface area contributed by atoms with Gasteiger partial charge in [-0.15, -0.1) is 0 Å². The number of hydrogen-bond donors (Lipinski definition) is 3. The molecule has 0 saturated heterocycles. The van der Waals surface area contributed by atoms with Gasteiger partial charge in [-0.05, 0) is 12.5 Å². The number of nitrogens with one attached hydrogen (secondary N) is 1. The quantitative estimate of drug-likeness (QED) is 0.690. The molecule has 0 bridgehead atoms. The molecule has 0 fully saturated rings. The van der Waals surface area contributed by atoms with Crippen molar-refractivity contribution in [1.82, 2.24) is 10.3 Å². The van der Waals surface area contributed by atoms with Crippen molar-refractivity contribution < 1.29 is 19.7 Å². The maximum atomic E-state index is 10.2. The summed E-state index contributed by atoms with van der Waals surface area (Å²) in [5, 5.41) is 20.2. The van der Waals surface area contributed by atoms with Gasteiger partial charge >= 0.3 is 6.09 Å². The summed E-state index contributed by atoms with van der Waals surface area (Å²) in [5.74, 6) is 0.419. The van der Waals surface area contributed by atoms with Crippen molar-refractivity contribution in [3.63, 3.8) is 0 Å². The Morgan fingerprint density at radius 3 is 3.00 bits per heavy atom. The van der Waals surface area contributed by atoms with E-state index in [2.05, 4.69) is 10.3 Å². The molecule has 0 aliphatic rings. The predicted octanol–water partition coefficient (Wildman–Crippen LogP) is 0.781. The third-order valence-corrected chi connectivity index (χ3v) is 1.99. The highest BCUT2D eigenvalue weighted by Crippen LogP contribution is 2.16. The van der Waals surface area contributed by atoms with Crippen LogP contribution in [0.4, 0.5) is 4.79 Å². The van der Waals surface area contributed by atoms with Crippen LogP contribution in [0.5, 0.6) is 5.88 Å². The number of rotatable bonds is 5. The normalized spacial score (nSPS) is 11.9. The van der Waals surface area contributed by atoms with E-state index in [4.69, 9.17) is 9.84 Å². The molecule has 1 aromatic rings. The monoisotopic (exact) mass is 226 g/mol. The largest absolute Gasteiger partial charge is 0.481 e. The maximum absolute atomic E-state index is 10.2. The van der Waals surface area contributed by atoms with Crippen LogP contribution in [0.25, 0.3) is 0 Å². The molecule has 0 aromatic carbocycles. The standard InChI is InChI=1S/C10H14N2O4/c1-16-9-4-2-3-7(12-9)8(13)5-6-11-10(14)15/h2-4,8,11,13H,5-6H2,1H3,(H,14,15). The lowest BCUT2D eigenvalue weighted by Gasteiger charge is -2.10. The zero-order chi connectivity index (χ0) is 12.0. The molecule has 1 atom stereocenters. The Balaban J connectivity index is 2.51. The highest BCUT2D eigenvalue weighted by Gasteiger charge is 2.10. The minimum Gasteiger partial charge on any atom is -0.481 e. The van der Waals surface area contributed by atoms with Crippen LogP contribution in [-0.4, -0.2) is 34.9 Å². The second-order valence-electron chi connectivity index (χ2n) is 3.14. The molecule has 0 aliphatic heterocycles. The lowest BCUT2D eigenvalue weighted by atomic mass is 10.1. The van der Waals surface area contributed by atoms with Crippen LogP contribution in [0, 0.1) is 0 Å². The molecule has 0 spiro atoms. The fourth-order valence-electron chi connectivity index (χ4n) is 1.19. The van der Waals surface area contributed by atoms with Crippen molar-refractivity contribution in [2.75, 3.05) is 13.7 Å². The van der Waals surface area contributed by atoms with Gasteiger partial charge in [0.05, 0.1) is 18.9 Å². The molecule has 6 nitrogen and oxygen atoms in total. The van der Waals surface area contributed by atoms with E-state index in [0.29, 0.717) is 11.6 Å². The summed E-state index contributed by atoms with van der Waals surface area (Å²) in [6.07, 6.45) is -1.64. The number of carbonyl (C=O) groups is 1. The predicted molar refractivity (Wildman–Crippen MR) is 56.4 cm³/mol. The van der Waals surface area contributed by atoms with E-state index in [-0.39, 0.29) is 13.0 Å². The molecule has 1 aromatic heterocycles. The van der Waals surface area contributed by atoms with Crippen LogP contribution in [0.2, 0.25) is 0 Å². The molecule has 1 heterocycles. The second kappa shape index (κ2) is 5.92. The summed E-state index contributed by atoms with van der Waals surface area (Å²) in [7, 11) is 1.49. The number of methoxy groups -OCH3 is 1. The summed E-state index contributed by atoms with van der Waals surface area (Å²) in [6, 6.07) is 5.05. The molecule has 0 saturated carbocycles. The first kappa shape index (κ1) is 12.3. The first-order valence-electron chi connectivity index (χ1n) is 4.79. The summed E-state index contributed by atoms with van der Waals surface area (Å²) < 4.78 is 4.92. The molecule has 1 unspecified atom stereocenters. The van der Waals surface area contributed by atoms with Crippen LogP contribution < -0.4 is 10.1 Å². The molecular weight excluding hydrogens is 212 g/mol. The van der Waals surface area contributed by atoms with Crippen molar-refractivity contribution >= 4 is 6.09 Å². The van der Waals surface area contributed by atoms with Crippen molar-refractivity contribution in [2.45, 2.75) is 12.5 Å². The van der Waals surface area contributed by atoms with Crippen molar-refractivity contribution in [3.8, 4) is 5.88 Å². The Hall–Kier alpha value is -1.82. The van der Waals surface area contributed by atoms with E-state index >= 15 is 0 Å². The van der Waals surface area contributed by atoms with Crippen LogP contribution in [0.1, 0.15) is 18.2 Å². The van der Waals surface area contributed by atoms with Gasteiger partial charge in [-0.2, -0.15) is 0 Å². The highest BCUT2D eigenvalue weighted by molar-refractivity contribution is 5.64. The van der Waals surface area contributed by atoms with Crippen molar-refractivity contribution in [1.29, 1.82) is 0 Å². The zero-order valence-corrected chi connectivity index (χ0v) is 8.88. The van der Waals surface area contributed by atoms with E-state index in [0.717, 1.165) is 0 Å². The number of aromatic nitrogens is 1. The van der Waals surface area contributed by atoms with Crippen LogP contribution in [0.3, 0.4) is 0 Å². The van der Waals surface area contributed by atoms with Gasteiger partial charge in [0.15, 0.2) is 0 Å². The average molecular weight is 226 g/mol. The van der Waals surface area contributed by atoms with Gasteiger partial charge in [0.1, 0.15) is 0 Å². The third-order valence-electron chi connectivity index (χ3n) is 1.99. The maximum Gasteiger partial charge on any atom is 0.404 e. The summed E-state index contributed by atoms with van der Waals surface area (Å²) in [6.45, 7) is 0.176. The molecule has 3 N–H and O–H groups in total. The van der Waals surface area contributed by atoms with Crippen molar-refractivity contribution in [3.05, 3.63) is 23.9 Å². The van der Waals surface area contributed by atoms with E-state index in [1.165, 1.54) is 7.11 Å². The molecule has 6 heteroatoms. The van der Waals surface area contributed by atoms with Gasteiger partial charge in [0, 0.05) is 12.6 Å². The van der Waals surface area contributed by atoms with E-state index in [9.17, 15) is 9.90 Å². The fourth-order valence-corrected chi connectivity index (χ4v) is 1.19. The first-order valence-corrected chi connectivity index (χ1v) is 4.79. The van der Waals surface area contributed by atoms with Crippen LogP contribution in [-0.2, 0) is 0 Å². The second-order valence-corrected chi connectivity index (χ2v) is 3.14. The first-order chi connectivity index (χ1) is 7.63. The topological polar surface area (TPSA) is 91.7 Å². The highest BCUT2D eigenvalue weighted by atomic mass is 16.5. The van der Waals surface area contributed by atoms with Crippen LogP contribution in [0.15, 0.2) is 18.2 Å². The van der Waals surface area contributed by atoms with Gasteiger partial charge in [-0.1, -0.05) is 6.07 Å². The number of amides is 1. The average Bonchev–Trinajstić information content (AvgIpc) is 2.28. The fraction of sp³-hybridized carbons (Fsp3) is 0.400. The Bertz CT molecular complexity index is 356. The minimum absolute atomic E-state index is 0.176. The molecule has 0 radical (unpaired) electrons. The number of pyridine rings is 1. The molecular formula is C10H14N2O4. The van der Waals surface area contributed by atoms with Gasteiger partial charge < -0.3 is 20.3 Å². The molecule has 1 amide bonds. The lowest BCUT2D eigenvalue weighted by Crippen LogP contribution is -2.23. The Kier molecular flexibility index (Phi) is 4.53. The summed E-state index contributed by atoms with van der Waals surface area (Å²) in [5.41, 5.74) is 0.464. The third kappa shape index (κ3) is 3.74. The molecule has 88 valence electrons. The zero-order valence-electron chi connectivity index (χ0n) is 8.88. The number of ether oxygens (including phenoxy) is 1. The number of hydrogen-bond acceptors (Lipinski definition) is 4. The minimum atomic E-state index is -1.11. The number of carboxylic acid groups (broad SMARTS) is 1. The molecule has 16 heavy (non-hydrogen) atoms. The Morgan fingerprint density at radius 2 is 2.38 bits per heavy atom. The number of nitrogens with zero attached hydrogens (tertiary/aromatic N) is 1. The van der Waals surface area contributed by atoms with E-state index in [1.54, 1.807) is 18.2 Å². The summed E-state index contributed by atoms with van der Waals surface area (Å²) in [4.78, 5) is 14.2. The number of aliphatic hydroxyl groups excluding tert-OH is 1. The van der Waals surface area contributed by atoms with Gasteiger partial charge in [0.2, 0.25) is 5.88 Å². The Labute approximate surface area is 92.9 Å². The van der Waals surface area contributed by atoms with Gasteiger partial charge in [-0.25, -0.2) is 9.78 Å². The molecule has 0 aliphatic carbocycles. The van der Waals surface area contributed by atoms with Crippen LogP contribution >= 0.6 is 0 Å². The summed E-state index contributed by atoms with van der Waals surface area (Å²) >= 11 is 0. The van der Waals surface area contributed by atoms with Gasteiger partial charge in [0.25, 0.3) is 0 Å². The van der Waals surface area contributed by atoms with Crippen molar-refractivity contribution in [2.24, 2.45) is 0 Å².